The first-order chi connectivity index (χ1) is 7.24. The Kier molecular flexibility index (Phi) is 4.63. The van der Waals surface area contributed by atoms with Crippen molar-refractivity contribution in [1.82, 2.24) is 10.3 Å². The number of carbonyl (C=O) groups excluding carboxylic acids is 1. The van der Waals surface area contributed by atoms with Crippen LogP contribution in [0.2, 0.25) is 0 Å². The molecule has 0 aliphatic heterocycles. The van der Waals surface area contributed by atoms with E-state index in [1.807, 2.05) is 37.3 Å². The van der Waals surface area contributed by atoms with Crippen molar-refractivity contribution >= 4 is 6.03 Å². The number of hydrogen-bond donors (Lipinski definition) is 2. The molecule has 0 aliphatic rings. The molecule has 0 radical (unpaired) electrons. The van der Waals surface area contributed by atoms with Crippen LogP contribution >= 0.6 is 0 Å². The Labute approximate surface area is 90.0 Å². The van der Waals surface area contributed by atoms with Crippen LogP contribution in [-0.4, -0.2) is 17.6 Å². The highest BCUT2D eigenvalue weighted by molar-refractivity contribution is 5.73. The number of nitrogens with zero attached hydrogens (tertiary/aromatic N) is 1. The minimum Gasteiger partial charge on any atom is -0.337 e. The van der Waals surface area contributed by atoms with Gasteiger partial charge in [0.1, 0.15) is 0 Å². The second kappa shape index (κ2) is 6.03. The van der Waals surface area contributed by atoms with Crippen LogP contribution < -0.4 is 11.2 Å². The first-order valence-corrected chi connectivity index (χ1v) is 5.08. The van der Waals surface area contributed by atoms with E-state index >= 15 is 0 Å². The maximum absolute atomic E-state index is 11.4. The molecule has 1 aromatic carbocycles. The Balaban J connectivity index is 2.41. The standard InChI is InChI=1S/C11H17N3O/c1-2-8-13-11(15)14(12)9-10-6-4-3-5-7-10/h3-7H,2,8-9,12H2,1H3,(H,13,15). The first-order valence-electron chi connectivity index (χ1n) is 5.08. The third-order valence-electron chi connectivity index (χ3n) is 1.98. The number of hydrazine groups is 1. The summed E-state index contributed by atoms with van der Waals surface area (Å²) in [5.74, 6) is 5.61. The summed E-state index contributed by atoms with van der Waals surface area (Å²) in [7, 11) is 0. The van der Waals surface area contributed by atoms with Crippen molar-refractivity contribution in [3.05, 3.63) is 35.9 Å². The number of nitrogens with two attached hydrogens (primary N) is 1. The fourth-order valence-corrected chi connectivity index (χ4v) is 1.19. The molecule has 4 nitrogen and oxygen atoms in total. The number of amides is 2. The number of nitrogens with one attached hydrogen (secondary N) is 1. The summed E-state index contributed by atoms with van der Waals surface area (Å²) in [6.07, 6.45) is 0.908. The predicted octanol–water partition coefficient (Wildman–Crippen LogP) is 1.48. The van der Waals surface area contributed by atoms with Gasteiger partial charge in [-0.3, -0.25) is 5.01 Å². The minimum atomic E-state index is -0.235. The molecule has 0 saturated heterocycles. The summed E-state index contributed by atoms with van der Waals surface area (Å²) in [6.45, 7) is 3.08. The molecule has 4 heteroatoms. The molecule has 0 unspecified atom stereocenters. The highest BCUT2D eigenvalue weighted by Gasteiger charge is 2.07. The van der Waals surface area contributed by atoms with E-state index in [9.17, 15) is 4.79 Å². The monoisotopic (exact) mass is 207 g/mol. The second-order valence-corrected chi connectivity index (χ2v) is 3.35. The summed E-state index contributed by atoms with van der Waals surface area (Å²) in [5.41, 5.74) is 1.02. The van der Waals surface area contributed by atoms with Crippen LogP contribution in [0.4, 0.5) is 4.79 Å². The maximum atomic E-state index is 11.4. The molecule has 0 aliphatic carbocycles. The molecule has 1 rings (SSSR count). The molecule has 0 heterocycles. The number of urea groups is 1. The van der Waals surface area contributed by atoms with E-state index in [4.69, 9.17) is 5.84 Å². The SMILES string of the molecule is CCCNC(=O)N(N)Cc1ccccc1. The Morgan fingerprint density at radius 3 is 2.67 bits per heavy atom. The van der Waals surface area contributed by atoms with Gasteiger partial charge in [-0.25, -0.2) is 10.6 Å². The third-order valence-corrected chi connectivity index (χ3v) is 1.98. The average Bonchev–Trinajstić information content (AvgIpc) is 2.27. The molecule has 0 spiro atoms. The molecule has 0 aromatic heterocycles. The molecule has 0 saturated carbocycles. The van der Waals surface area contributed by atoms with Gasteiger partial charge in [0.15, 0.2) is 0 Å². The lowest BCUT2D eigenvalue weighted by Gasteiger charge is -2.17. The van der Waals surface area contributed by atoms with Gasteiger partial charge in [0.2, 0.25) is 0 Å². The molecular formula is C11H17N3O. The van der Waals surface area contributed by atoms with Crippen molar-refractivity contribution in [2.45, 2.75) is 19.9 Å². The van der Waals surface area contributed by atoms with Gasteiger partial charge in [0.25, 0.3) is 0 Å². The molecule has 0 atom stereocenters. The van der Waals surface area contributed by atoms with Crippen LogP contribution in [0.5, 0.6) is 0 Å². The molecule has 0 bridgehead atoms. The van der Waals surface area contributed by atoms with Crippen molar-refractivity contribution in [3.8, 4) is 0 Å². The molecule has 1 aromatic rings. The van der Waals surface area contributed by atoms with Gasteiger partial charge in [-0.1, -0.05) is 37.3 Å². The number of carbonyl (C=O) groups is 1. The van der Waals surface area contributed by atoms with E-state index < -0.39 is 0 Å². The third kappa shape index (κ3) is 3.99. The van der Waals surface area contributed by atoms with Crippen molar-refractivity contribution in [2.24, 2.45) is 5.84 Å². The van der Waals surface area contributed by atoms with Gasteiger partial charge >= 0.3 is 6.03 Å². The van der Waals surface area contributed by atoms with E-state index in [-0.39, 0.29) is 6.03 Å². The van der Waals surface area contributed by atoms with Gasteiger partial charge in [-0.15, -0.1) is 0 Å². The summed E-state index contributed by atoms with van der Waals surface area (Å²) in [6, 6.07) is 9.42. The Hall–Kier alpha value is -1.55. The zero-order chi connectivity index (χ0) is 11.1. The summed E-state index contributed by atoms with van der Waals surface area (Å²) in [5, 5.41) is 3.90. The lowest BCUT2D eigenvalue weighted by atomic mass is 10.2. The smallest absolute Gasteiger partial charge is 0.331 e. The molecule has 3 N–H and O–H groups in total. The average molecular weight is 207 g/mol. The number of hydrogen-bond acceptors (Lipinski definition) is 2. The number of rotatable bonds is 4. The van der Waals surface area contributed by atoms with Gasteiger partial charge in [-0.2, -0.15) is 0 Å². The highest BCUT2D eigenvalue weighted by atomic mass is 16.2. The van der Waals surface area contributed by atoms with E-state index in [1.54, 1.807) is 0 Å². The zero-order valence-corrected chi connectivity index (χ0v) is 8.94. The predicted molar refractivity (Wildman–Crippen MR) is 59.9 cm³/mol. The van der Waals surface area contributed by atoms with E-state index in [2.05, 4.69) is 5.32 Å². The van der Waals surface area contributed by atoms with Crippen LogP contribution in [0.1, 0.15) is 18.9 Å². The lowest BCUT2D eigenvalue weighted by Crippen LogP contribution is -2.44. The van der Waals surface area contributed by atoms with E-state index in [0.29, 0.717) is 13.1 Å². The van der Waals surface area contributed by atoms with Crippen LogP contribution in [0.3, 0.4) is 0 Å². The zero-order valence-electron chi connectivity index (χ0n) is 8.94. The topological polar surface area (TPSA) is 58.4 Å². The van der Waals surface area contributed by atoms with Crippen LogP contribution in [-0.2, 0) is 6.54 Å². The van der Waals surface area contributed by atoms with Crippen LogP contribution in [0.15, 0.2) is 30.3 Å². The lowest BCUT2D eigenvalue weighted by molar-refractivity contribution is 0.196. The molecular weight excluding hydrogens is 190 g/mol. The van der Waals surface area contributed by atoms with E-state index in [0.717, 1.165) is 12.0 Å². The van der Waals surface area contributed by atoms with E-state index in [1.165, 1.54) is 5.01 Å². The fourth-order valence-electron chi connectivity index (χ4n) is 1.19. The van der Waals surface area contributed by atoms with Crippen molar-refractivity contribution in [3.63, 3.8) is 0 Å². The molecule has 2 amide bonds. The quantitative estimate of drug-likeness (QED) is 0.446. The normalized spacial score (nSPS) is 9.73. The molecule has 0 fully saturated rings. The number of benzene rings is 1. The first kappa shape index (κ1) is 11.5. The molecule has 15 heavy (non-hydrogen) atoms. The van der Waals surface area contributed by atoms with Gasteiger partial charge in [0, 0.05) is 6.54 Å². The largest absolute Gasteiger partial charge is 0.337 e. The van der Waals surface area contributed by atoms with Crippen LogP contribution in [0.25, 0.3) is 0 Å². The van der Waals surface area contributed by atoms with Crippen molar-refractivity contribution in [2.75, 3.05) is 6.54 Å². The van der Waals surface area contributed by atoms with Crippen LogP contribution in [0, 0.1) is 0 Å². The molecule has 82 valence electrons. The second-order valence-electron chi connectivity index (χ2n) is 3.35. The Morgan fingerprint density at radius 1 is 1.40 bits per heavy atom. The summed E-state index contributed by atoms with van der Waals surface area (Å²) in [4.78, 5) is 11.4. The maximum Gasteiger partial charge on any atom is 0.331 e. The van der Waals surface area contributed by atoms with Gasteiger partial charge in [0.05, 0.1) is 6.54 Å². The summed E-state index contributed by atoms with van der Waals surface area (Å²) >= 11 is 0. The summed E-state index contributed by atoms with van der Waals surface area (Å²) < 4.78 is 0. The Morgan fingerprint density at radius 2 is 2.07 bits per heavy atom. The fraction of sp³-hybridized carbons (Fsp3) is 0.364. The van der Waals surface area contributed by atoms with Crippen molar-refractivity contribution < 1.29 is 4.79 Å². The minimum absolute atomic E-state index is 0.235. The van der Waals surface area contributed by atoms with Gasteiger partial charge in [-0.05, 0) is 12.0 Å². The van der Waals surface area contributed by atoms with Gasteiger partial charge < -0.3 is 5.32 Å². The van der Waals surface area contributed by atoms with Crippen molar-refractivity contribution in [1.29, 1.82) is 0 Å². The highest BCUT2D eigenvalue weighted by Crippen LogP contribution is 2.00. The Bertz CT molecular complexity index is 300.